The van der Waals surface area contributed by atoms with Crippen LogP contribution in [-0.2, 0) is 0 Å². The van der Waals surface area contributed by atoms with Crippen LogP contribution < -0.4 is 10.6 Å². The monoisotopic (exact) mass is 484 g/mol. The summed E-state index contributed by atoms with van der Waals surface area (Å²) < 4.78 is 0. The molecule has 3 heterocycles. The summed E-state index contributed by atoms with van der Waals surface area (Å²) in [6.45, 7) is 0. The van der Waals surface area contributed by atoms with E-state index in [0.29, 0.717) is 5.82 Å². The Bertz CT molecular complexity index is 2060. The molecule has 0 saturated carbocycles. The summed E-state index contributed by atoms with van der Waals surface area (Å²) in [6.07, 6.45) is 0. The molecular weight excluding hydrogens is 464 g/mol. The molecule has 176 valence electrons. The second kappa shape index (κ2) is 8.15. The quantitative estimate of drug-likeness (QED) is 0.285. The van der Waals surface area contributed by atoms with Crippen molar-refractivity contribution in [1.82, 2.24) is 9.97 Å². The first-order valence-electron chi connectivity index (χ1n) is 12.7. The smallest absolute Gasteiger partial charge is 0.180 e. The fraction of sp³-hybridized carbons (Fsp3) is 0. The molecule has 0 spiro atoms. The Morgan fingerprint density at radius 3 is 2.08 bits per heavy atom. The Morgan fingerprint density at radius 1 is 0.526 bits per heavy atom. The molecule has 2 aliphatic heterocycles. The van der Waals surface area contributed by atoms with Crippen LogP contribution in [0.2, 0.25) is 0 Å². The van der Waals surface area contributed by atoms with Crippen LogP contribution in [0.1, 0.15) is 11.4 Å². The maximum Gasteiger partial charge on any atom is 0.180 e. The number of para-hydroxylation sites is 2. The van der Waals surface area contributed by atoms with Crippen molar-refractivity contribution in [2.75, 3.05) is 0 Å². The Labute approximate surface area is 219 Å². The second-order valence-electron chi connectivity index (χ2n) is 9.47. The van der Waals surface area contributed by atoms with E-state index < -0.39 is 0 Å². The normalized spacial score (nSPS) is 13.1. The molecule has 5 aromatic carbocycles. The van der Waals surface area contributed by atoms with E-state index in [2.05, 4.69) is 72.8 Å². The molecule has 0 N–H and O–H groups in total. The number of benzene rings is 5. The summed E-state index contributed by atoms with van der Waals surface area (Å²) >= 11 is 0. The maximum absolute atomic E-state index is 5.29. The van der Waals surface area contributed by atoms with Gasteiger partial charge in [0.15, 0.2) is 5.82 Å². The highest BCUT2D eigenvalue weighted by molar-refractivity contribution is 6.33. The SMILES string of the molecule is c1ccc(C2=c3ccc4c(c3N=C2c2nc(-c3ccccc3)c3ccccc3n2)-c2ccccc2N=4)cc1. The summed E-state index contributed by atoms with van der Waals surface area (Å²) in [6, 6.07) is 41.4. The summed E-state index contributed by atoms with van der Waals surface area (Å²) in [7, 11) is 0. The summed E-state index contributed by atoms with van der Waals surface area (Å²) in [5.74, 6) is 0.620. The zero-order chi connectivity index (χ0) is 25.1. The van der Waals surface area contributed by atoms with Crippen molar-refractivity contribution >= 4 is 33.6 Å². The molecule has 8 rings (SSSR count). The molecule has 4 heteroatoms. The van der Waals surface area contributed by atoms with Gasteiger partial charge in [-0.25, -0.2) is 20.0 Å². The number of fused-ring (bicyclic) bond motifs is 6. The van der Waals surface area contributed by atoms with Crippen molar-refractivity contribution in [2.45, 2.75) is 0 Å². The van der Waals surface area contributed by atoms with Gasteiger partial charge in [-0.1, -0.05) is 97.1 Å². The molecule has 38 heavy (non-hydrogen) atoms. The predicted octanol–water partition coefficient (Wildman–Crippen LogP) is 6.56. The number of nitrogens with zero attached hydrogens (tertiary/aromatic N) is 4. The lowest BCUT2D eigenvalue weighted by molar-refractivity contribution is 1.19. The van der Waals surface area contributed by atoms with E-state index in [9.17, 15) is 0 Å². The van der Waals surface area contributed by atoms with Crippen LogP contribution in [0.25, 0.3) is 38.9 Å². The zero-order valence-electron chi connectivity index (χ0n) is 20.3. The van der Waals surface area contributed by atoms with Gasteiger partial charge in [-0.15, -0.1) is 0 Å². The van der Waals surface area contributed by atoms with Gasteiger partial charge >= 0.3 is 0 Å². The van der Waals surface area contributed by atoms with E-state index >= 15 is 0 Å². The molecule has 4 nitrogen and oxygen atoms in total. The minimum Gasteiger partial charge on any atom is -0.248 e. The van der Waals surface area contributed by atoms with Gasteiger partial charge in [-0.3, -0.25) is 0 Å². The number of aliphatic imine (C=N–C) groups is 1. The average Bonchev–Trinajstić information content (AvgIpc) is 3.56. The van der Waals surface area contributed by atoms with E-state index in [1.165, 1.54) is 0 Å². The molecule has 0 aliphatic carbocycles. The van der Waals surface area contributed by atoms with Gasteiger partial charge in [0.05, 0.1) is 27.9 Å². The van der Waals surface area contributed by atoms with E-state index in [1.807, 2.05) is 48.5 Å². The van der Waals surface area contributed by atoms with Crippen molar-refractivity contribution in [3.05, 3.63) is 143 Å². The van der Waals surface area contributed by atoms with Crippen LogP contribution >= 0.6 is 0 Å². The van der Waals surface area contributed by atoms with Gasteiger partial charge in [-0.05, 0) is 29.8 Å². The van der Waals surface area contributed by atoms with Gasteiger partial charge in [0.2, 0.25) is 0 Å². The van der Waals surface area contributed by atoms with Crippen molar-refractivity contribution in [1.29, 1.82) is 0 Å². The van der Waals surface area contributed by atoms with E-state index in [0.717, 1.165) is 72.1 Å². The highest BCUT2D eigenvalue weighted by atomic mass is 14.9. The van der Waals surface area contributed by atoms with Crippen molar-refractivity contribution in [3.8, 4) is 22.4 Å². The van der Waals surface area contributed by atoms with Gasteiger partial charge in [0.1, 0.15) is 5.71 Å². The third kappa shape index (κ3) is 3.10. The topological polar surface area (TPSA) is 50.5 Å². The Kier molecular flexibility index (Phi) is 4.49. The third-order valence-electron chi connectivity index (χ3n) is 7.22. The molecule has 0 bridgehead atoms. The predicted molar refractivity (Wildman–Crippen MR) is 152 cm³/mol. The molecule has 0 fully saturated rings. The third-order valence-corrected chi connectivity index (χ3v) is 7.22. The zero-order valence-corrected chi connectivity index (χ0v) is 20.3. The van der Waals surface area contributed by atoms with E-state index in [-0.39, 0.29) is 0 Å². The Balaban J connectivity index is 1.45. The first-order valence-corrected chi connectivity index (χ1v) is 12.7. The fourth-order valence-electron chi connectivity index (χ4n) is 5.52. The number of hydrogen-bond donors (Lipinski definition) is 0. The number of hydrogen-bond acceptors (Lipinski definition) is 4. The van der Waals surface area contributed by atoms with Crippen LogP contribution in [0, 0.1) is 0 Å². The molecule has 0 saturated heterocycles. The number of aromatic nitrogens is 2. The molecule has 0 unspecified atom stereocenters. The van der Waals surface area contributed by atoms with Crippen molar-refractivity contribution < 1.29 is 0 Å². The standard InChI is InChI=1S/C34H20N4/c1-3-11-21(12-4-1)29-25-19-20-28-30(23-15-7-9-17-26(23)35-28)32(25)37-33(29)34-36-27-18-10-8-16-24(27)31(38-34)22-13-5-2-6-14-22/h1-20H. The van der Waals surface area contributed by atoms with Crippen LogP contribution in [0.15, 0.2) is 131 Å². The maximum atomic E-state index is 5.29. The lowest BCUT2D eigenvalue weighted by Crippen LogP contribution is -2.15. The molecular formula is C34H20N4. The lowest BCUT2D eigenvalue weighted by atomic mass is 9.96. The lowest BCUT2D eigenvalue weighted by Gasteiger charge is -2.11. The van der Waals surface area contributed by atoms with Crippen LogP contribution in [0.4, 0.5) is 11.4 Å². The molecule has 6 aromatic rings. The largest absolute Gasteiger partial charge is 0.248 e. The minimum absolute atomic E-state index is 0.620. The van der Waals surface area contributed by atoms with Gasteiger partial charge in [-0.2, -0.15) is 0 Å². The average molecular weight is 485 g/mol. The van der Waals surface area contributed by atoms with Gasteiger partial charge < -0.3 is 0 Å². The fourth-order valence-corrected chi connectivity index (χ4v) is 5.52. The molecule has 2 aliphatic rings. The first kappa shape index (κ1) is 20.9. The Hall–Kier alpha value is -5.22. The first-order chi connectivity index (χ1) is 18.8. The van der Waals surface area contributed by atoms with Crippen LogP contribution in [-0.4, -0.2) is 15.7 Å². The summed E-state index contributed by atoms with van der Waals surface area (Å²) in [5, 5.41) is 3.05. The van der Waals surface area contributed by atoms with Gasteiger partial charge in [0, 0.05) is 32.9 Å². The highest BCUT2D eigenvalue weighted by Crippen LogP contribution is 2.39. The van der Waals surface area contributed by atoms with Crippen molar-refractivity contribution in [2.24, 2.45) is 9.98 Å². The van der Waals surface area contributed by atoms with E-state index in [4.69, 9.17) is 20.0 Å². The minimum atomic E-state index is 0.620. The molecule has 0 radical (unpaired) electrons. The second-order valence-corrected chi connectivity index (χ2v) is 9.47. The highest BCUT2D eigenvalue weighted by Gasteiger charge is 2.28. The van der Waals surface area contributed by atoms with Crippen molar-refractivity contribution in [3.63, 3.8) is 0 Å². The van der Waals surface area contributed by atoms with Crippen LogP contribution in [0.3, 0.4) is 0 Å². The summed E-state index contributed by atoms with van der Waals surface area (Å²) in [5.41, 5.74) is 9.87. The Morgan fingerprint density at radius 2 is 1.24 bits per heavy atom. The number of rotatable bonds is 3. The molecule has 1 aromatic heterocycles. The molecule has 0 atom stereocenters. The summed E-state index contributed by atoms with van der Waals surface area (Å²) in [4.78, 5) is 20.4. The van der Waals surface area contributed by atoms with E-state index in [1.54, 1.807) is 0 Å². The van der Waals surface area contributed by atoms with Gasteiger partial charge in [0.25, 0.3) is 0 Å². The van der Waals surface area contributed by atoms with Crippen LogP contribution in [0.5, 0.6) is 0 Å². The molecule has 0 amide bonds.